The maximum Gasteiger partial charge on any atom is 0.334 e. The van der Waals surface area contributed by atoms with Crippen molar-refractivity contribution in [2.45, 2.75) is 13.0 Å². The highest BCUT2D eigenvalue weighted by atomic mass is 16.7. The standard InChI is InChI=1S/C20H17N5O4/c1-11-6-16(12-2-5-17-18(8-12)29-10-28-17)23-20(27)25(11)19(26)22-14-3-4-15-13(7-14)9-21-24-15/h2-9,16H,10H2,1H3,(H,21,24)(H,22,26)(H,23,27). The largest absolute Gasteiger partial charge is 0.454 e. The topological polar surface area (TPSA) is 109 Å². The van der Waals surface area contributed by atoms with E-state index in [1.807, 2.05) is 24.3 Å². The van der Waals surface area contributed by atoms with Crippen molar-refractivity contribution in [1.82, 2.24) is 20.4 Å². The molecule has 146 valence electrons. The van der Waals surface area contributed by atoms with Crippen LogP contribution in [0.25, 0.3) is 10.9 Å². The molecule has 2 aliphatic heterocycles. The Balaban J connectivity index is 1.36. The van der Waals surface area contributed by atoms with Crippen LogP contribution < -0.4 is 20.1 Å². The summed E-state index contributed by atoms with van der Waals surface area (Å²) in [5, 5.41) is 13.3. The second kappa shape index (κ2) is 6.55. The van der Waals surface area contributed by atoms with E-state index in [0.29, 0.717) is 22.9 Å². The number of nitrogens with one attached hydrogen (secondary N) is 3. The quantitative estimate of drug-likeness (QED) is 0.620. The molecule has 0 aliphatic carbocycles. The van der Waals surface area contributed by atoms with E-state index in [-0.39, 0.29) is 12.8 Å². The van der Waals surface area contributed by atoms with Crippen LogP contribution in [0.3, 0.4) is 0 Å². The Morgan fingerprint density at radius 3 is 2.93 bits per heavy atom. The summed E-state index contributed by atoms with van der Waals surface area (Å²) in [6.07, 6.45) is 3.48. The number of urea groups is 2. The summed E-state index contributed by atoms with van der Waals surface area (Å²) in [6.45, 7) is 1.90. The predicted octanol–water partition coefficient (Wildman–Crippen LogP) is 3.49. The van der Waals surface area contributed by atoms with E-state index in [2.05, 4.69) is 20.8 Å². The summed E-state index contributed by atoms with van der Waals surface area (Å²) in [5.74, 6) is 1.31. The Morgan fingerprint density at radius 1 is 1.21 bits per heavy atom. The molecule has 3 N–H and O–H groups in total. The van der Waals surface area contributed by atoms with Gasteiger partial charge in [0.05, 0.1) is 17.8 Å². The van der Waals surface area contributed by atoms with Crippen LogP contribution in [0.4, 0.5) is 15.3 Å². The number of allylic oxidation sites excluding steroid dienone is 1. The molecule has 29 heavy (non-hydrogen) atoms. The smallest absolute Gasteiger partial charge is 0.334 e. The molecule has 5 rings (SSSR count). The molecule has 2 aliphatic rings. The van der Waals surface area contributed by atoms with E-state index in [1.165, 1.54) is 0 Å². The predicted molar refractivity (Wildman–Crippen MR) is 105 cm³/mol. The highest BCUT2D eigenvalue weighted by Crippen LogP contribution is 2.35. The van der Waals surface area contributed by atoms with Crippen molar-refractivity contribution >= 4 is 28.7 Å². The number of imide groups is 1. The Hall–Kier alpha value is -4.01. The molecule has 9 nitrogen and oxygen atoms in total. The molecule has 0 radical (unpaired) electrons. The van der Waals surface area contributed by atoms with Crippen molar-refractivity contribution in [2.75, 3.05) is 12.1 Å². The normalized spacial score (nSPS) is 17.8. The highest BCUT2D eigenvalue weighted by molar-refractivity contribution is 6.03. The number of fused-ring (bicyclic) bond motifs is 2. The van der Waals surface area contributed by atoms with Gasteiger partial charge in [-0.3, -0.25) is 5.10 Å². The zero-order valence-corrected chi connectivity index (χ0v) is 15.4. The first kappa shape index (κ1) is 17.1. The van der Waals surface area contributed by atoms with Gasteiger partial charge in [0.2, 0.25) is 6.79 Å². The number of nitrogens with zero attached hydrogens (tertiary/aromatic N) is 2. The van der Waals surface area contributed by atoms with Gasteiger partial charge in [-0.2, -0.15) is 5.10 Å². The van der Waals surface area contributed by atoms with Crippen LogP contribution in [0.15, 0.2) is 54.4 Å². The van der Waals surface area contributed by atoms with Gasteiger partial charge in [-0.1, -0.05) is 6.07 Å². The molecule has 4 amide bonds. The Bertz CT molecular complexity index is 1170. The molecule has 0 fully saturated rings. The molecule has 0 saturated heterocycles. The minimum Gasteiger partial charge on any atom is -0.454 e. The van der Waals surface area contributed by atoms with Crippen LogP contribution in [-0.2, 0) is 0 Å². The molecule has 9 heteroatoms. The molecule has 1 atom stereocenters. The van der Waals surface area contributed by atoms with Gasteiger partial charge in [0.1, 0.15) is 0 Å². The van der Waals surface area contributed by atoms with Gasteiger partial charge in [0.15, 0.2) is 11.5 Å². The fourth-order valence-electron chi connectivity index (χ4n) is 3.45. The van der Waals surface area contributed by atoms with Crippen molar-refractivity contribution < 1.29 is 19.1 Å². The monoisotopic (exact) mass is 391 g/mol. The van der Waals surface area contributed by atoms with Crippen LogP contribution in [0.5, 0.6) is 11.5 Å². The van der Waals surface area contributed by atoms with E-state index in [1.54, 1.807) is 31.3 Å². The first-order chi connectivity index (χ1) is 14.1. The summed E-state index contributed by atoms with van der Waals surface area (Å²) in [6, 6.07) is 9.42. The van der Waals surface area contributed by atoms with Crippen LogP contribution in [-0.4, -0.2) is 34.0 Å². The SMILES string of the molecule is CC1=CC(c2ccc3c(c2)OCO3)NC(=O)N1C(=O)Nc1ccc2[nH]ncc2c1. The van der Waals surface area contributed by atoms with Crippen molar-refractivity contribution in [3.8, 4) is 11.5 Å². The molecule has 1 aromatic heterocycles. The Morgan fingerprint density at radius 2 is 2.07 bits per heavy atom. The second-order valence-electron chi connectivity index (χ2n) is 6.79. The first-order valence-electron chi connectivity index (χ1n) is 9.01. The molecular weight excluding hydrogens is 374 g/mol. The van der Waals surface area contributed by atoms with Crippen molar-refractivity contribution in [3.05, 3.63) is 59.9 Å². The number of hydrogen-bond acceptors (Lipinski definition) is 5. The first-order valence-corrected chi connectivity index (χ1v) is 9.01. The zero-order valence-electron chi connectivity index (χ0n) is 15.4. The number of hydrogen-bond donors (Lipinski definition) is 3. The summed E-state index contributed by atoms with van der Waals surface area (Å²) < 4.78 is 10.7. The number of aromatic amines is 1. The molecule has 0 spiro atoms. The number of aromatic nitrogens is 2. The minimum atomic E-state index is -0.539. The van der Waals surface area contributed by atoms with E-state index in [9.17, 15) is 9.59 Å². The lowest BCUT2D eigenvalue weighted by atomic mass is 10.0. The van der Waals surface area contributed by atoms with Gasteiger partial charge in [0, 0.05) is 16.8 Å². The highest BCUT2D eigenvalue weighted by Gasteiger charge is 2.31. The van der Waals surface area contributed by atoms with Crippen LogP contribution in [0.2, 0.25) is 0 Å². The number of carbonyl (C=O) groups is 2. The van der Waals surface area contributed by atoms with Crippen molar-refractivity contribution in [3.63, 3.8) is 0 Å². The molecular formula is C20H17N5O4. The zero-order chi connectivity index (χ0) is 20.0. The summed E-state index contributed by atoms with van der Waals surface area (Å²) >= 11 is 0. The molecule has 0 saturated carbocycles. The third kappa shape index (κ3) is 3.02. The molecule has 3 aromatic rings. The van der Waals surface area contributed by atoms with Gasteiger partial charge in [0.25, 0.3) is 0 Å². The number of amides is 4. The van der Waals surface area contributed by atoms with Gasteiger partial charge in [-0.15, -0.1) is 0 Å². The summed E-state index contributed by atoms with van der Waals surface area (Å²) in [7, 11) is 0. The number of H-pyrrole nitrogens is 1. The molecule has 0 bridgehead atoms. The third-order valence-electron chi connectivity index (χ3n) is 4.89. The number of anilines is 1. The second-order valence-corrected chi connectivity index (χ2v) is 6.79. The maximum atomic E-state index is 12.7. The lowest BCUT2D eigenvalue weighted by Crippen LogP contribution is -2.48. The van der Waals surface area contributed by atoms with Gasteiger partial charge < -0.3 is 20.1 Å². The minimum absolute atomic E-state index is 0.184. The number of rotatable bonds is 2. The average molecular weight is 391 g/mol. The maximum absolute atomic E-state index is 12.7. The average Bonchev–Trinajstić information content (AvgIpc) is 3.35. The van der Waals surface area contributed by atoms with Crippen LogP contribution in [0, 0.1) is 0 Å². The number of benzene rings is 2. The number of carbonyl (C=O) groups excluding carboxylic acids is 2. The third-order valence-corrected chi connectivity index (χ3v) is 4.89. The Labute approximate surface area is 165 Å². The van der Waals surface area contributed by atoms with Crippen molar-refractivity contribution in [2.24, 2.45) is 0 Å². The fourth-order valence-corrected chi connectivity index (χ4v) is 3.45. The molecule has 2 aromatic carbocycles. The molecule has 1 unspecified atom stereocenters. The fraction of sp³-hybridized carbons (Fsp3) is 0.150. The van der Waals surface area contributed by atoms with Crippen LogP contribution in [0.1, 0.15) is 18.5 Å². The van der Waals surface area contributed by atoms with Gasteiger partial charge in [-0.05, 0) is 48.9 Å². The van der Waals surface area contributed by atoms with E-state index in [4.69, 9.17) is 9.47 Å². The van der Waals surface area contributed by atoms with Crippen LogP contribution >= 0.6 is 0 Å². The van der Waals surface area contributed by atoms with E-state index >= 15 is 0 Å². The Kier molecular flexibility index (Phi) is 3.87. The van der Waals surface area contributed by atoms with Gasteiger partial charge in [-0.25, -0.2) is 14.5 Å². The number of ether oxygens (including phenoxy) is 2. The summed E-state index contributed by atoms with van der Waals surface area (Å²) in [5.41, 5.74) is 2.80. The lowest BCUT2D eigenvalue weighted by molar-refractivity contribution is 0.174. The van der Waals surface area contributed by atoms with Crippen molar-refractivity contribution in [1.29, 1.82) is 0 Å². The lowest BCUT2D eigenvalue weighted by Gasteiger charge is -2.30. The molecule has 3 heterocycles. The van der Waals surface area contributed by atoms with E-state index in [0.717, 1.165) is 21.4 Å². The summed E-state index contributed by atoms with van der Waals surface area (Å²) in [4.78, 5) is 26.5. The van der Waals surface area contributed by atoms with E-state index < -0.39 is 12.1 Å². The van der Waals surface area contributed by atoms with Gasteiger partial charge >= 0.3 is 12.1 Å².